The quantitative estimate of drug-likeness (QED) is 0.251. The van der Waals surface area contributed by atoms with Crippen molar-refractivity contribution in [3.8, 4) is 5.69 Å². The lowest BCUT2D eigenvalue weighted by Crippen LogP contribution is -2.39. The van der Waals surface area contributed by atoms with E-state index in [1.54, 1.807) is 6.20 Å². The molecule has 43 heavy (non-hydrogen) atoms. The lowest BCUT2D eigenvalue weighted by Gasteiger charge is -2.31. The van der Waals surface area contributed by atoms with Crippen molar-refractivity contribution in [1.82, 2.24) is 19.4 Å². The van der Waals surface area contributed by atoms with E-state index in [1.165, 1.54) is 0 Å². The van der Waals surface area contributed by atoms with Crippen molar-refractivity contribution in [2.75, 3.05) is 31.6 Å². The molecule has 10 heteroatoms. The summed E-state index contributed by atoms with van der Waals surface area (Å²) < 4.78 is 31.1. The summed E-state index contributed by atoms with van der Waals surface area (Å²) in [6, 6.07) is 15.0. The lowest BCUT2D eigenvalue weighted by atomic mass is 9.97. The Morgan fingerprint density at radius 3 is 2.26 bits per heavy atom. The fourth-order valence-corrected chi connectivity index (χ4v) is 7.78. The van der Waals surface area contributed by atoms with Crippen LogP contribution in [0.3, 0.4) is 0 Å². The van der Waals surface area contributed by atoms with Crippen LogP contribution in [-0.2, 0) is 10.0 Å². The second-order valence-corrected chi connectivity index (χ2v) is 13.5. The number of nitrogens with zero attached hydrogens (tertiary/aromatic N) is 3. The van der Waals surface area contributed by atoms with Gasteiger partial charge in [-0.25, -0.2) is 17.8 Å². The highest BCUT2D eigenvalue weighted by Gasteiger charge is 2.24. The molecular weight excluding hydrogens is 562 g/mol. The highest BCUT2D eigenvalue weighted by Crippen LogP contribution is 2.28. The molecule has 0 spiro atoms. The Labute approximate surface area is 254 Å². The Bertz CT molecular complexity index is 1720. The molecule has 1 amide bonds. The zero-order valence-corrected chi connectivity index (χ0v) is 26.3. The number of aryl methyl sites for hydroxylation is 4. The number of carbonyl (C=O) groups is 1. The first-order valence-electron chi connectivity index (χ1n) is 14.8. The minimum Gasteiger partial charge on any atom is -0.396 e. The molecule has 1 saturated heterocycles. The molecule has 1 aromatic heterocycles. The number of anilines is 1. The van der Waals surface area contributed by atoms with Crippen LogP contribution in [-0.4, -0.2) is 66.4 Å². The van der Waals surface area contributed by atoms with Gasteiger partial charge in [0.05, 0.1) is 22.3 Å². The minimum absolute atomic E-state index is 0.00744. The largest absolute Gasteiger partial charge is 0.396 e. The second-order valence-electron chi connectivity index (χ2n) is 11.9. The van der Waals surface area contributed by atoms with Gasteiger partial charge in [-0.3, -0.25) is 4.79 Å². The number of aliphatic hydroxyl groups is 1. The maximum Gasteiger partial charge on any atom is 0.253 e. The summed E-state index contributed by atoms with van der Waals surface area (Å²) >= 11 is 0. The van der Waals surface area contributed by atoms with Gasteiger partial charge in [-0.05, 0) is 106 Å². The van der Waals surface area contributed by atoms with E-state index in [0.29, 0.717) is 30.1 Å². The van der Waals surface area contributed by atoms with Gasteiger partial charge in [0.25, 0.3) is 5.91 Å². The Balaban J connectivity index is 1.30. The van der Waals surface area contributed by atoms with Crippen molar-refractivity contribution in [2.45, 2.75) is 58.4 Å². The predicted octanol–water partition coefficient (Wildman–Crippen LogP) is 4.88. The van der Waals surface area contributed by atoms with Crippen LogP contribution in [0.2, 0.25) is 0 Å². The summed E-state index contributed by atoms with van der Waals surface area (Å²) in [4.78, 5) is 15.2. The van der Waals surface area contributed by atoms with Crippen molar-refractivity contribution in [3.63, 3.8) is 0 Å². The van der Waals surface area contributed by atoms with E-state index in [1.807, 2.05) is 86.7 Å². The number of carbonyl (C=O) groups excluding carboxylic acids is 1. The van der Waals surface area contributed by atoms with Gasteiger partial charge >= 0.3 is 0 Å². The van der Waals surface area contributed by atoms with Gasteiger partial charge in [0.1, 0.15) is 0 Å². The van der Waals surface area contributed by atoms with Gasteiger partial charge in [0.15, 0.2) is 0 Å². The molecule has 9 nitrogen and oxygen atoms in total. The molecule has 1 aliphatic heterocycles. The molecule has 0 saturated carbocycles. The second kappa shape index (κ2) is 12.5. The standard InChI is InChI=1S/C33H41N5O4S/c1-21-14-23(3)32(24(4)15-21)43(41,42)36-25(5)18-34-30-16-22(2)17-31-29(30)19-35-38(31)28-8-6-27(7-9-28)33(40)37-12-10-26(20-39)11-13-37/h6-9,14-17,19,25-26,34,36,39H,10-13,18,20H2,1-5H3/t25-/m0/s1. The number of rotatable bonds is 9. The number of aliphatic hydroxyl groups excluding tert-OH is 1. The van der Waals surface area contributed by atoms with Crippen molar-refractivity contribution in [3.05, 3.63) is 82.5 Å². The molecule has 4 aromatic rings. The smallest absolute Gasteiger partial charge is 0.253 e. The first-order valence-corrected chi connectivity index (χ1v) is 16.3. The Morgan fingerprint density at radius 1 is 1.00 bits per heavy atom. The van der Waals surface area contributed by atoms with Gasteiger partial charge in [-0.1, -0.05) is 17.7 Å². The van der Waals surface area contributed by atoms with Crippen LogP contribution >= 0.6 is 0 Å². The average molecular weight is 604 g/mol. The van der Waals surface area contributed by atoms with Crippen LogP contribution in [0.1, 0.15) is 52.4 Å². The number of hydrogen-bond donors (Lipinski definition) is 3. The molecule has 0 unspecified atom stereocenters. The van der Waals surface area contributed by atoms with Crippen LogP contribution in [0.5, 0.6) is 0 Å². The third kappa shape index (κ3) is 6.61. The van der Waals surface area contributed by atoms with E-state index in [2.05, 4.69) is 21.2 Å². The highest BCUT2D eigenvalue weighted by atomic mass is 32.2. The summed E-state index contributed by atoms with van der Waals surface area (Å²) in [5.74, 6) is 0.287. The highest BCUT2D eigenvalue weighted by molar-refractivity contribution is 7.89. The van der Waals surface area contributed by atoms with E-state index in [9.17, 15) is 18.3 Å². The average Bonchev–Trinajstić information content (AvgIpc) is 3.38. The Kier molecular flexibility index (Phi) is 8.91. The van der Waals surface area contributed by atoms with Gasteiger partial charge in [-0.2, -0.15) is 5.10 Å². The zero-order valence-electron chi connectivity index (χ0n) is 25.5. The monoisotopic (exact) mass is 603 g/mol. The lowest BCUT2D eigenvalue weighted by molar-refractivity contribution is 0.0651. The number of hydrogen-bond acceptors (Lipinski definition) is 6. The number of fused-ring (bicyclic) bond motifs is 1. The number of aromatic nitrogens is 2. The molecular formula is C33H41N5O4S. The Morgan fingerprint density at radius 2 is 1.63 bits per heavy atom. The molecule has 5 rings (SSSR count). The fraction of sp³-hybridized carbons (Fsp3) is 0.394. The SMILES string of the molecule is Cc1cc(C)c(S(=O)(=O)N[C@@H](C)CNc2cc(C)cc3c2cnn3-c2ccc(C(=O)N3CCC(CO)CC3)cc2)c(C)c1. The molecule has 228 valence electrons. The molecule has 3 N–H and O–H groups in total. The molecule has 1 atom stereocenters. The number of amides is 1. The normalized spacial score (nSPS) is 15.2. The number of nitrogens with one attached hydrogen (secondary N) is 2. The fourth-order valence-electron chi connectivity index (χ4n) is 6.08. The zero-order chi connectivity index (χ0) is 30.9. The van der Waals surface area contributed by atoms with Crippen molar-refractivity contribution in [2.24, 2.45) is 5.92 Å². The topological polar surface area (TPSA) is 117 Å². The maximum absolute atomic E-state index is 13.2. The predicted molar refractivity (Wildman–Crippen MR) is 170 cm³/mol. The van der Waals surface area contributed by atoms with Crippen LogP contribution in [0.25, 0.3) is 16.6 Å². The van der Waals surface area contributed by atoms with Crippen LogP contribution in [0, 0.1) is 33.6 Å². The van der Waals surface area contributed by atoms with Crippen molar-refractivity contribution < 1.29 is 18.3 Å². The number of benzene rings is 3. The van der Waals surface area contributed by atoms with E-state index in [0.717, 1.165) is 57.4 Å². The van der Waals surface area contributed by atoms with Gasteiger partial charge in [0.2, 0.25) is 10.0 Å². The first-order chi connectivity index (χ1) is 20.5. The molecule has 0 radical (unpaired) electrons. The van der Waals surface area contributed by atoms with Crippen LogP contribution < -0.4 is 10.0 Å². The molecule has 1 fully saturated rings. The third-order valence-electron chi connectivity index (χ3n) is 8.18. The number of piperidine rings is 1. The van der Waals surface area contributed by atoms with Gasteiger partial charge in [-0.15, -0.1) is 0 Å². The van der Waals surface area contributed by atoms with E-state index < -0.39 is 10.0 Å². The molecule has 0 bridgehead atoms. The van der Waals surface area contributed by atoms with E-state index in [4.69, 9.17) is 0 Å². The third-order valence-corrected chi connectivity index (χ3v) is 10.1. The van der Waals surface area contributed by atoms with Gasteiger partial charge < -0.3 is 15.3 Å². The summed E-state index contributed by atoms with van der Waals surface area (Å²) in [6.07, 6.45) is 3.45. The molecule has 3 aromatic carbocycles. The summed E-state index contributed by atoms with van der Waals surface area (Å²) in [5.41, 5.74) is 6.79. The van der Waals surface area contributed by atoms with Gasteiger partial charge in [0, 0.05) is 48.9 Å². The van der Waals surface area contributed by atoms with Crippen LogP contribution in [0.4, 0.5) is 5.69 Å². The number of sulfonamides is 1. The Hall–Kier alpha value is -3.73. The molecule has 0 aliphatic carbocycles. The van der Waals surface area contributed by atoms with E-state index >= 15 is 0 Å². The van der Waals surface area contributed by atoms with Crippen molar-refractivity contribution in [1.29, 1.82) is 0 Å². The maximum atomic E-state index is 13.2. The first kappa shape index (κ1) is 30.7. The molecule has 1 aliphatic rings. The van der Waals surface area contributed by atoms with Crippen molar-refractivity contribution >= 4 is 32.5 Å². The summed E-state index contributed by atoms with van der Waals surface area (Å²) in [6.45, 7) is 11.4. The van der Waals surface area contributed by atoms with Crippen LogP contribution in [0.15, 0.2) is 59.6 Å². The van der Waals surface area contributed by atoms with E-state index in [-0.39, 0.29) is 24.5 Å². The number of likely N-dealkylation sites (tertiary alicyclic amines) is 1. The minimum atomic E-state index is -3.69. The summed E-state index contributed by atoms with van der Waals surface area (Å²) in [5, 5.41) is 18.4. The summed E-state index contributed by atoms with van der Waals surface area (Å²) in [7, 11) is -3.69. The molecule has 2 heterocycles.